The molecule has 1 aromatic rings. The zero-order chi connectivity index (χ0) is 17.0. The van der Waals surface area contributed by atoms with Crippen LogP contribution in [0.2, 0.25) is 0 Å². The van der Waals surface area contributed by atoms with Crippen molar-refractivity contribution in [1.29, 1.82) is 0 Å². The minimum Gasteiger partial charge on any atom is -0.469 e. The van der Waals surface area contributed by atoms with Gasteiger partial charge < -0.3 is 14.8 Å². The Bertz CT molecular complexity index is 617. The number of carbonyl (C=O) groups is 1. The Hall–Kier alpha value is -2.10. The minimum absolute atomic E-state index is 0.0695. The second-order valence-corrected chi connectivity index (χ2v) is 5.05. The molecular formula is C13H16F3N3O4. The molecule has 0 aliphatic heterocycles. The first-order chi connectivity index (χ1) is 10.8. The first-order valence-electron chi connectivity index (χ1n) is 6.92. The molecule has 0 bridgehead atoms. The van der Waals surface area contributed by atoms with Crippen LogP contribution in [0.3, 0.4) is 0 Å². The summed E-state index contributed by atoms with van der Waals surface area (Å²) >= 11 is 0. The Morgan fingerprint density at radius 1 is 1.48 bits per heavy atom. The van der Waals surface area contributed by atoms with Gasteiger partial charge in [0.15, 0.2) is 0 Å². The number of H-pyrrole nitrogens is 1. The van der Waals surface area contributed by atoms with Gasteiger partial charge in [-0.05, 0) is 12.8 Å². The normalized spacial score (nSPS) is 20.7. The van der Waals surface area contributed by atoms with Gasteiger partial charge >= 0.3 is 12.1 Å². The topological polar surface area (TPSA) is 93.3 Å². The lowest BCUT2D eigenvalue weighted by molar-refractivity contribution is -0.143. The molecule has 128 valence electrons. The molecule has 1 aromatic heterocycles. The van der Waals surface area contributed by atoms with Crippen molar-refractivity contribution in [3.63, 3.8) is 0 Å². The molecule has 0 unspecified atom stereocenters. The molecule has 0 aromatic carbocycles. The Balaban J connectivity index is 1.99. The van der Waals surface area contributed by atoms with Crippen LogP contribution in [0.1, 0.15) is 24.8 Å². The van der Waals surface area contributed by atoms with Gasteiger partial charge in [0.2, 0.25) is 0 Å². The van der Waals surface area contributed by atoms with Crippen molar-refractivity contribution in [3.05, 3.63) is 22.1 Å². The maximum absolute atomic E-state index is 12.9. The first-order valence-corrected chi connectivity index (χ1v) is 6.92. The Kier molecular flexibility index (Phi) is 5.24. The molecule has 0 spiro atoms. The van der Waals surface area contributed by atoms with Crippen molar-refractivity contribution in [2.45, 2.75) is 37.6 Å². The number of aromatic nitrogens is 2. The third-order valence-electron chi connectivity index (χ3n) is 3.56. The molecule has 1 heterocycles. The number of nitrogens with one attached hydrogen (secondary N) is 2. The van der Waals surface area contributed by atoms with Gasteiger partial charge in [0.05, 0.1) is 44.2 Å². The van der Waals surface area contributed by atoms with Crippen LogP contribution in [0.15, 0.2) is 11.0 Å². The van der Waals surface area contributed by atoms with Gasteiger partial charge in [-0.2, -0.15) is 18.3 Å². The van der Waals surface area contributed by atoms with Crippen molar-refractivity contribution in [2.24, 2.45) is 0 Å². The second kappa shape index (κ2) is 6.99. The predicted octanol–water partition coefficient (Wildman–Crippen LogP) is 1.31. The molecule has 1 aliphatic rings. The van der Waals surface area contributed by atoms with E-state index in [2.05, 4.69) is 15.2 Å². The smallest absolute Gasteiger partial charge is 0.423 e. The van der Waals surface area contributed by atoms with E-state index in [1.54, 1.807) is 5.10 Å². The van der Waals surface area contributed by atoms with Crippen LogP contribution >= 0.6 is 0 Å². The van der Waals surface area contributed by atoms with Gasteiger partial charge in [0.25, 0.3) is 5.56 Å². The van der Waals surface area contributed by atoms with E-state index >= 15 is 0 Å². The molecule has 0 saturated heterocycles. The average Bonchev–Trinajstić information content (AvgIpc) is 2.46. The van der Waals surface area contributed by atoms with Gasteiger partial charge in [-0.15, -0.1) is 0 Å². The van der Waals surface area contributed by atoms with Crippen LogP contribution in [0, 0.1) is 0 Å². The summed E-state index contributed by atoms with van der Waals surface area (Å²) in [5.41, 5.74) is -3.00. The largest absolute Gasteiger partial charge is 0.469 e. The summed E-state index contributed by atoms with van der Waals surface area (Å²) < 4.78 is 48.7. The maximum atomic E-state index is 12.9. The molecule has 2 N–H and O–H groups in total. The number of methoxy groups -OCH3 is 1. The van der Waals surface area contributed by atoms with E-state index in [4.69, 9.17) is 4.74 Å². The number of hydrogen-bond donors (Lipinski definition) is 2. The summed E-state index contributed by atoms with van der Waals surface area (Å²) in [4.78, 5) is 22.4. The summed E-state index contributed by atoms with van der Waals surface area (Å²) in [6.07, 6.45) is -2.89. The second-order valence-electron chi connectivity index (χ2n) is 5.05. The molecule has 0 amide bonds. The molecular weight excluding hydrogens is 319 g/mol. The maximum Gasteiger partial charge on any atom is 0.423 e. The zero-order valence-electron chi connectivity index (χ0n) is 12.3. The molecule has 10 heteroatoms. The van der Waals surface area contributed by atoms with E-state index in [9.17, 15) is 22.8 Å². The number of alkyl halides is 3. The fraction of sp³-hybridized carbons (Fsp3) is 0.615. The van der Waals surface area contributed by atoms with E-state index < -0.39 is 23.3 Å². The van der Waals surface area contributed by atoms with Crippen molar-refractivity contribution in [3.8, 4) is 0 Å². The Morgan fingerprint density at radius 3 is 2.78 bits per heavy atom. The van der Waals surface area contributed by atoms with Gasteiger partial charge in [-0.1, -0.05) is 0 Å². The number of hydrogen-bond acceptors (Lipinski definition) is 6. The number of carbonyl (C=O) groups excluding carboxylic acids is 1. The lowest BCUT2D eigenvalue weighted by Crippen LogP contribution is -2.45. The SMILES string of the molecule is COC(=O)CCO[C@H]1CC[C@H]1Nc1cn[nH]c(=O)c1C(F)(F)F. The molecule has 2 rings (SSSR count). The number of esters is 1. The van der Waals surface area contributed by atoms with Crippen LogP contribution in [-0.2, 0) is 20.4 Å². The Morgan fingerprint density at radius 2 is 2.22 bits per heavy atom. The van der Waals surface area contributed by atoms with Crippen molar-refractivity contribution >= 4 is 11.7 Å². The van der Waals surface area contributed by atoms with Crippen molar-refractivity contribution in [1.82, 2.24) is 10.2 Å². The fourth-order valence-corrected chi connectivity index (χ4v) is 2.22. The number of nitrogens with zero attached hydrogens (tertiary/aromatic N) is 1. The summed E-state index contributed by atoms with van der Waals surface area (Å²) in [5, 5.41) is 7.81. The van der Waals surface area contributed by atoms with Gasteiger partial charge in [0, 0.05) is 0 Å². The quantitative estimate of drug-likeness (QED) is 0.762. The minimum atomic E-state index is -4.79. The summed E-state index contributed by atoms with van der Waals surface area (Å²) in [7, 11) is 1.26. The monoisotopic (exact) mass is 335 g/mol. The van der Waals surface area contributed by atoms with Crippen LogP contribution in [0.4, 0.5) is 18.9 Å². The molecule has 7 nitrogen and oxygen atoms in total. The van der Waals surface area contributed by atoms with Crippen LogP contribution in [0.25, 0.3) is 0 Å². The van der Waals surface area contributed by atoms with E-state index in [-0.39, 0.29) is 30.9 Å². The molecule has 0 radical (unpaired) electrons. The van der Waals surface area contributed by atoms with Crippen LogP contribution in [-0.4, -0.2) is 42.0 Å². The highest BCUT2D eigenvalue weighted by atomic mass is 19.4. The van der Waals surface area contributed by atoms with Gasteiger partial charge in [-0.25, -0.2) is 5.10 Å². The van der Waals surface area contributed by atoms with E-state index in [0.717, 1.165) is 6.20 Å². The number of rotatable bonds is 6. The number of anilines is 1. The summed E-state index contributed by atoms with van der Waals surface area (Å²) in [6.45, 7) is 0.120. The highest BCUT2D eigenvalue weighted by molar-refractivity contribution is 5.69. The molecule has 1 saturated carbocycles. The summed E-state index contributed by atoms with van der Waals surface area (Å²) in [6, 6.07) is -0.377. The van der Waals surface area contributed by atoms with E-state index in [1.165, 1.54) is 7.11 Å². The van der Waals surface area contributed by atoms with Crippen LogP contribution in [0.5, 0.6) is 0 Å². The summed E-state index contributed by atoms with van der Waals surface area (Å²) in [5.74, 6) is -0.424. The first kappa shape index (κ1) is 17.3. The number of aromatic amines is 1. The Labute approximate surface area is 129 Å². The highest BCUT2D eigenvalue weighted by Crippen LogP contribution is 2.34. The number of ether oxygens (including phenoxy) is 2. The molecule has 1 aliphatic carbocycles. The standard InChI is InChI=1S/C13H16F3N3O4/c1-22-10(20)4-5-23-9-3-2-7(9)18-8-6-17-19-12(21)11(8)13(14,15)16/h6-7,9H,2-5H2,1H3,(H2,18,19,21)/t7-,9+/m1/s1. The number of halogens is 3. The third kappa shape index (κ3) is 4.21. The van der Waals surface area contributed by atoms with Gasteiger partial charge in [-0.3, -0.25) is 9.59 Å². The third-order valence-corrected chi connectivity index (χ3v) is 3.56. The van der Waals surface area contributed by atoms with Crippen LogP contribution < -0.4 is 10.9 Å². The lowest BCUT2D eigenvalue weighted by atomic mass is 9.88. The highest BCUT2D eigenvalue weighted by Gasteiger charge is 2.39. The fourth-order valence-electron chi connectivity index (χ4n) is 2.22. The average molecular weight is 335 g/mol. The molecule has 1 fully saturated rings. The zero-order valence-corrected chi connectivity index (χ0v) is 12.3. The van der Waals surface area contributed by atoms with Crippen molar-refractivity contribution < 1.29 is 27.4 Å². The molecule has 2 atom stereocenters. The van der Waals surface area contributed by atoms with E-state index in [0.29, 0.717) is 12.8 Å². The lowest BCUT2D eigenvalue weighted by Gasteiger charge is -2.37. The van der Waals surface area contributed by atoms with Gasteiger partial charge in [0.1, 0.15) is 5.56 Å². The predicted molar refractivity (Wildman–Crippen MR) is 72.9 cm³/mol. The molecule has 23 heavy (non-hydrogen) atoms. The van der Waals surface area contributed by atoms with E-state index in [1.807, 2.05) is 0 Å². The van der Waals surface area contributed by atoms with Crippen molar-refractivity contribution in [2.75, 3.05) is 19.0 Å².